The maximum Gasteiger partial charge on any atom is 0.242 e. The summed E-state index contributed by atoms with van der Waals surface area (Å²) in [5.74, 6) is 0.313. The Morgan fingerprint density at radius 3 is 2.28 bits per heavy atom. The summed E-state index contributed by atoms with van der Waals surface area (Å²) in [7, 11) is -1.95. The summed E-state index contributed by atoms with van der Waals surface area (Å²) < 4.78 is 31.7. The van der Waals surface area contributed by atoms with E-state index in [1.807, 2.05) is 64.1 Å². The number of anilines is 1. The van der Waals surface area contributed by atoms with Gasteiger partial charge in [0.05, 0.1) is 19.1 Å². The quantitative estimate of drug-likeness (QED) is 0.436. The summed E-state index contributed by atoms with van der Waals surface area (Å²) in [6.07, 6.45) is 2.08. The van der Waals surface area contributed by atoms with Crippen LogP contribution in [0.25, 0.3) is 0 Å². The minimum atomic E-state index is -3.54. The second-order valence-corrected chi connectivity index (χ2v) is 10.8. The van der Waals surface area contributed by atoms with Gasteiger partial charge in [-0.15, -0.1) is 0 Å². The Hall–Kier alpha value is -3.07. The van der Waals surface area contributed by atoms with E-state index in [9.17, 15) is 18.0 Å². The molecule has 36 heavy (non-hydrogen) atoms. The van der Waals surface area contributed by atoms with Crippen molar-refractivity contribution in [2.24, 2.45) is 0 Å². The standard InChI is InChI=1S/C27H39N3O5S/c1-7-24(27(32)28-8-2)29(19-22-14-16-23(35-5)17-15-22)26(31)13-10-18-30(36(6,33)34)25-12-9-11-20(3)21(25)4/h9,11-12,14-17,24H,7-8,10,13,18-19H2,1-6H3,(H,28,32)/t24-/m0/s1. The molecule has 2 rings (SSSR count). The lowest BCUT2D eigenvalue weighted by Crippen LogP contribution is -2.49. The summed E-state index contributed by atoms with van der Waals surface area (Å²) in [6, 6.07) is 12.3. The van der Waals surface area contributed by atoms with E-state index in [-0.39, 0.29) is 31.3 Å². The second-order valence-electron chi connectivity index (χ2n) is 8.85. The van der Waals surface area contributed by atoms with Crippen molar-refractivity contribution >= 4 is 27.5 Å². The predicted molar refractivity (Wildman–Crippen MR) is 144 cm³/mol. The first-order valence-electron chi connectivity index (χ1n) is 12.3. The Bertz CT molecular complexity index is 1130. The van der Waals surface area contributed by atoms with E-state index in [2.05, 4.69) is 5.32 Å². The molecule has 0 aliphatic heterocycles. The Morgan fingerprint density at radius 1 is 1.06 bits per heavy atom. The SMILES string of the molecule is CCNC(=O)[C@H](CC)N(Cc1ccc(OC)cc1)C(=O)CCCN(c1cccc(C)c1C)S(C)(=O)=O. The van der Waals surface area contributed by atoms with Gasteiger partial charge in [0.15, 0.2) is 0 Å². The molecule has 8 nitrogen and oxygen atoms in total. The molecule has 198 valence electrons. The number of nitrogens with zero attached hydrogens (tertiary/aromatic N) is 2. The van der Waals surface area contributed by atoms with E-state index in [1.165, 1.54) is 10.6 Å². The van der Waals surface area contributed by atoms with Gasteiger partial charge in [-0.05, 0) is 68.5 Å². The van der Waals surface area contributed by atoms with Crippen LogP contribution in [0.5, 0.6) is 5.75 Å². The highest BCUT2D eigenvalue weighted by atomic mass is 32.2. The summed E-state index contributed by atoms with van der Waals surface area (Å²) in [6.45, 7) is 8.45. The molecule has 0 unspecified atom stereocenters. The fraction of sp³-hybridized carbons (Fsp3) is 0.481. The topological polar surface area (TPSA) is 96.0 Å². The van der Waals surface area contributed by atoms with E-state index in [0.717, 1.165) is 16.7 Å². The first-order chi connectivity index (χ1) is 17.0. The number of sulfonamides is 1. The molecule has 0 aromatic heterocycles. The maximum absolute atomic E-state index is 13.4. The number of amides is 2. The smallest absolute Gasteiger partial charge is 0.242 e. The highest BCUT2D eigenvalue weighted by Crippen LogP contribution is 2.25. The van der Waals surface area contributed by atoms with Gasteiger partial charge in [0, 0.05) is 26.1 Å². The van der Waals surface area contributed by atoms with E-state index in [0.29, 0.717) is 30.8 Å². The van der Waals surface area contributed by atoms with Crippen molar-refractivity contribution in [3.63, 3.8) is 0 Å². The highest BCUT2D eigenvalue weighted by Gasteiger charge is 2.28. The molecular formula is C27H39N3O5S. The molecule has 1 N–H and O–H groups in total. The van der Waals surface area contributed by atoms with Gasteiger partial charge in [-0.2, -0.15) is 0 Å². The van der Waals surface area contributed by atoms with Crippen LogP contribution in [-0.2, 0) is 26.2 Å². The van der Waals surface area contributed by atoms with Gasteiger partial charge in [0.2, 0.25) is 21.8 Å². The molecule has 0 aliphatic rings. The molecule has 0 fully saturated rings. The molecule has 0 aliphatic carbocycles. The Labute approximate surface area is 215 Å². The fourth-order valence-corrected chi connectivity index (χ4v) is 5.14. The molecule has 0 saturated heterocycles. The number of carbonyl (C=O) groups is 2. The molecule has 2 amide bonds. The summed E-state index contributed by atoms with van der Waals surface area (Å²) in [5.41, 5.74) is 3.38. The molecule has 0 radical (unpaired) electrons. The molecule has 0 heterocycles. The monoisotopic (exact) mass is 517 g/mol. The van der Waals surface area contributed by atoms with Crippen LogP contribution in [-0.4, -0.2) is 57.6 Å². The van der Waals surface area contributed by atoms with Gasteiger partial charge < -0.3 is 15.0 Å². The van der Waals surface area contributed by atoms with E-state index < -0.39 is 16.1 Å². The number of nitrogens with one attached hydrogen (secondary N) is 1. The largest absolute Gasteiger partial charge is 0.497 e. The molecule has 0 bridgehead atoms. The van der Waals surface area contributed by atoms with Crippen molar-refractivity contribution in [3.8, 4) is 5.75 Å². The van der Waals surface area contributed by atoms with Crippen LogP contribution in [0, 0.1) is 13.8 Å². The predicted octanol–water partition coefficient (Wildman–Crippen LogP) is 3.80. The lowest BCUT2D eigenvalue weighted by molar-refractivity contribution is -0.141. The van der Waals surface area contributed by atoms with Gasteiger partial charge >= 0.3 is 0 Å². The van der Waals surface area contributed by atoms with E-state index >= 15 is 0 Å². The normalized spacial score (nSPS) is 12.1. The number of rotatable bonds is 13. The van der Waals surface area contributed by atoms with Crippen LogP contribution in [0.3, 0.4) is 0 Å². The summed E-state index contributed by atoms with van der Waals surface area (Å²) in [4.78, 5) is 27.8. The first-order valence-corrected chi connectivity index (χ1v) is 14.1. The van der Waals surface area contributed by atoms with E-state index in [4.69, 9.17) is 4.74 Å². The average Bonchev–Trinajstić information content (AvgIpc) is 2.83. The van der Waals surface area contributed by atoms with E-state index in [1.54, 1.807) is 18.1 Å². The van der Waals surface area contributed by atoms with Crippen LogP contribution in [0.15, 0.2) is 42.5 Å². The van der Waals surface area contributed by atoms with Gasteiger partial charge in [-0.25, -0.2) is 8.42 Å². The number of likely N-dealkylation sites (N-methyl/N-ethyl adjacent to an activating group) is 1. The highest BCUT2D eigenvalue weighted by molar-refractivity contribution is 7.92. The number of aryl methyl sites for hydroxylation is 1. The Kier molecular flexibility index (Phi) is 10.8. The van der Waals surface area contributed by atoms with Gasteiger partial charge in [-0.3, -0.25) is 13.9 Å². The average molecular weight is 518 g/mol. The number of methoxy groups -OCH3 is 1. The van der Waals surface area contributed by atoms with Crippen LogP contribution in [0.2, 0.25) is 0 Å². The molecule has 1 atom stereocenters. The number of carbonyl (C=O) groups excluding carboxylic acids is 2. The molecule has 9 heteroatoms. The van der Waals surface area contributed by atoms with Crippen molar-refractivity contribution in [2.75, 3.05) is 30.8 Å². The van der Waals surface area contributed by atoms with Crippen LogP contribution in [0.1, 0.15) is 49.8 Å². The molecule has 2 aromatic carbocycles. The summed E-state index contributed by atoms with van der Waals surface area (Å²) >= 11 is 0. The van der Waals surface area contributed by atoms with Gasteiger partial charge in [-0.1, -0.05) is 31.2 Å². The molecule has 0 spiro atoms. The van der Waals surface area contributed by atoms with Crippen LogP contribution in [0.4, 0.5) is 5.69 Å². The van der Waals surface area contributed by atoms with Crippen LogP contribution >= 0.6 is 0 Å². The second kappa shape index (κ2) is 13.3. The zero-order valence-corrected chi connectivity index (χ0v) is 23.0. The van der Waals surface area contributed by atoms with Gasteiger partial charge in [0.1, 0.15) is 11.8 Å². The van der Waals surface area contributed by atoms with Crippen molar-refractivity contribution in [1.82, 2.24) is 10.2 Å². The lowest BCUT2D eigenvalue weighted by Gasteiger charge is -2.31. The zero-order valence-electron chi connectivity index (χ0n) is 22.2. The van der Waals surface area contributed by atoms with Gasteiger partial charge in [0.25, 0.3) is 0 Å². The third kappa shape index (κ3) is 7.71. The van der Waals surface area contributed by atoms with Crippen molar-refractivity contribution in [3.05, 3.63) is 59.2 Å². The number of ether oxygens (including phenoxy) is 1. The van der Waals surface area contributed by atoms with Crippen molar-refractivity contribution in [2.45, 2.75) is 59.5 Å². The lowest BCUT2D eigenvalue weighted by atomic mass is 10.1. The molecule has 0 saturated carbocycles. The Balaban J connectivity index is 2.23. The van der Waals surface area contributed by atoms with Crippen LogP contribution < -0.4 is 14.4 Å². The summed E-state index contributed by atoms with van der Waals surface area (Å²) in [5, 5.41) is 2.82. The number of hydrogen-bond donors (Lipinski definition) is 1. The minimum absolute atomic E-state index is 0.114. The van der Waals surface area contributed by atoms with Crippen molar-refractivity contribution < 1.29 is 22.7 Å². The third-order valence-electron chi connectivity index (χ3n) is 6.25. The molecule has 2 aromatic rings. The van der Waals surface area contributed by atoms with Crippen molar-refractivity contribution in [1.29, 1.82) is 0 Å². The first kappa shape index (κ1) is 29.2. The minimum Gasteiger partial charge on any atom is -0.497 e. The number of benzene rings is 2. The molecular weight excluding hydrogens is 478 g/mol. The number of hydrogen-bond acceptors (Lipinski definition) is 5. The zero-order chi connectivity index (χ0) is 26.9. The third-order valence-corrected chi connectivity index (χ3v) is 7.43. The maximum atomic E-state index is 13.4. The fourth-order valence-electron chi connectivity index (χ4n) is 4.13. The Morgan fingerprint density at radius 2 is 1.72 bits per heavy atom.